The van der Waals surface area contributed by atoms with Crippen molar-refractivity contribution in [1.29, 1.82) is 0 Å². The zero-order valence-corrected chi connectivity index (χ0v) is 16.0. The lowest BCUT2D eigenvalue weighted by Gasteiger charge is -2.34. The normalized spacial score (nSPS) is 15.7. The fourth-order valence-corrected chi connectivity index (χ4v) is 4.19. The van der Waals surface area contributed by atoms with Gasteiger partial charge in [0.05, 0.1) is 0 Å². The molecular weight excluding hydrogens is 380 g/mol. The van der Waals surface area contributed by atoms with Gasteiger partial charge in [-0.3, -0.25) is 4.79 Å². The fourth-order valence-electron chi connectivity index (χ4n) is 2.86. The monoisotopic (exact) mass is 399 g/mol. The van der Waals surface area contributed by atoms with Crippen molar-refractivity contribution >= 4 is 34.7 Å². The Labute approximate surface area is 158 Å². The summed E-state index contributed by atoms with van der Waals surface area (Å²) in [5, 5.41) is 3.43. The minimum atomic E-state index is -3.40. The smallest absolute Gasteiger partial charge is 0.339 e. The number of hydrogen-bond donors (Lipinski definition) is 0. The van der Waals surface area contributed by atoms with E-state index in [0.29, 0.717) is 24.0 Å². The maximum atomic E-state index is 14.9. The Morgan fingerprint density at radius 1 is 1.38 bits per heavy atom. The summed E-state index contributed by atoms with van der Waals surface area (Å²) in [5.41, 5.74) is 3.02. The predicted octanol–water partition coefficient (Wildman–Crippen LogP) is 4.00. The molecule has 1 atom stereocenters. The van der Waals surface area contributed by atoms with E-state index in [1.165, 1.54) is 10.4 Å². The molecule has 9 heteroatoms. The summed E-state index contributed by atoms with van der Waals surface area (Å²) in [5.74, 6) is -0.759. The number of hydrogen-bond acceptors (Lipinski definition) is 6. The van der Waals surface area contributed by atoms with Gasteiger partial charge in [-0.05, 0) is 24.5 Å². The third-order valence-electron chi connectivity index (χ3n) is 3.86. The summed E-state index contributed by atoms with van der Waals surface area (Å²) in [7, 11) is 0. The van der Waals surface area contributed by atoms with E-state index in [4.69, 9.17) is 4.74 Å². The van der Waals surface area contributed by atoms with E-state index >= 15 is 0 Å². The number of carbonyl (C=O) groups is 1. The largest absolute Gasteiger partial charge is 0.448 e. The summed E-state index contributed by atoms with van der Waals surface area (Å²) in [6, 6.07) is 7.37. The van der Waals surface area contributed by atoms with Gasteiger partial charge in [0.1, 0.15) is 5.51 Å². The number of thioether (sulfide) groups is 1. The molecule has 1 amide bonds. The molecule has 26 heavy (non-hydrogen) atoms. The van der Waals surface area contributed by atoms with E-state index in [1.54, 1.807) is 26.0 Å². The number of halogens is 2. The second-order valence-corrected chi connectivity index (χ2v) is 8.67. The van der Waals surface area contributed by atoms with E-state index in [1.807, 2.05) is 12.1 Å². The third kappa shape index (κ3) is 4.15. The predicted molar refractivity (Wildman–Crippen MR) is 99.1 cm³/mol. The lowest BCUT2D eigenvalue weighted by atomic mass is 10.0. The molecule has 1 aliphatic rings. The molecule has 3 rings (SSSR count). The minimum absolute atomic E-state index is 0.0438. The number of benzene rings is 1. The second-order valence-electron chi connectivity index (χ2n) is 6.15. The first-order valence-electron chi connectivity index (χ1n) is 8.26. The molecule has 1 aromatic heterocycles. The molecule has 0 spiro atoms. The van der Waals surface area contributed by atoms with Crippen LogP contribution in [0.1, 0.15) is 25.8 Å². The Morgan fingerprint density at radius 2 is 2.15 bits per heavy atom. The molecule has 5 nitrogen and oxygen atoms in total. The molecule has 0 N–H and O–H groups in total. The van der Waals surface area contributed by atoms with Crippen LogP contribution in [0.2, 0.25) is 0 Å². The highest BCUT2D eigenvalue weighted by Gasteiger charge is 2.50. The van der Waals surface area contributed by atoms with Crippen LogP contribution in [0.4, 0.5) is 14.5 Å². The summed E-state index contributed by atoms with van der Waals surface area (Å²) in [6.07, 6.45) is -0.426. The van der Waals surface area contributed by atoms with Crippen molar-refractivity contribution < 1.29 is 18.3 Å². The van der Waals surface area contributed by atoms with Crippen LogP contribution in [-0.4, -0.2) is 39.3 Å². The highest BCUT2D eigenvalue weighted by atomic mass is 32.2. The summed E-state index contributed by atoms with van der Waals surface area (Å²) < 4.78 is 35.1. The number of alkyl halides is 2. The van der Waals surface area contributed by atoms with Gasteiger partial charge in [0.25, 0.3) is 17.2 Å². The highest BCUT2D eigenvalue weighted by molar-refractivity contribution is 8.00. The van der Waals surface area contributed by atoms with Gasteiger partial charge in [-0.2, -0.15) is 8.78 Å². The number of rotatable bonds is 6. The van der Waals surface area contributed by atoms with Crippen molar-refractivity contribution in [1.82, 2.24) is 10.2 Å². The fraction of sp³-hybridized carbons (Fsp3) is 0.471. The molecular formula is C17H19F2N3O2S2. The quantitative estimate of drug-likeness (QED) is 0.735. The number of ether oxygens (including phenoxy) is 1. The van der Waals surface area contributed by atoms with Crippen molar-refractivity contribution in [3.63, 3.8) is 0 Å². The molecule has 0 bridgehead atoms. The number of nitrogens with zero attached hydrogens (tertiary/aromatic N) is 3. The minimum Gasteiger partial charge on any atom is -0.448 e. The maximum absolute atomic E-state index is 14.9. The van der Waals surface area contributed by atoms with E-state index in [-0.39, 0.29) is 10.4 Å². The second kappa shape index (κ2) is 7.87. The topological polar surface area (TPSA) is 55.3 Å². The molecule has 1 aromatic carbocycles. The van der Waals surface area contributed by atoms with Gasteiger partial charge in [-0.15, -0.1) is 10.2 Å². The van der Waals surface area contributed by atoms with E-state index in [0.717, 1.165) is 29.7 Å². The lowest BCUT2D eigenvalue weighted by Crippen LogP contribution is -2.52. The van der Waals surface area contributed by atoms with Crippen molar-refractivity contribution in [3.05, 3.63) is 35.3 Å². The van der Waals surface area contributed by atoms with Gasteiger partial charge in [-0.25, -0.2) is 0 Å². The molecule has 2 heterocycles. The van der Waals surface area contributed by atoms with Gasteiger partial charge >= 0.3 is 5.25 Å². The standard InChI is InChI=1S/C17H19F2N3O2S2/c1-11(2)26-17(18,19)14(24-16-21-20-10-25-16)15(23)22-9-5-7-12-6-3-4-8-13(12)22/h3-4,6,8,10-11,14H,5,7,9H2,1-2H3. The molecule has 0 fully saturated rings. The van der Waals surface area contributed by atoms with Gasteiger partial charge in [-0.1, -0.05) is 55.1 Å². The van der Waals surface area contributed by atoms with Crippen LogP contribution in [0.25, 0.3) is 0 Å². The first kappa shape index (κ1) is 19.0. The van der Waals surface area contributed by atoms with Gasteiger partial charge in [0, 0.05) is 17.5 Å². The Morgan fingerprint density at radius 3 is 2.85 bits per heavy atom. The van der Waals surface area contributed by atoms with Crippen LogP contribution in [0.3, 0.4) is 0 Å². The summed E-state index contributed by atoms with van der Waals surface area (Å²) >= 11 is 1.39. The summed E-state index contributed by atoms with van der Waals surface area (Å²) in [6.45, 7) is 3.69. The van der Waals surface area contributed by atoms with Crippen LogP contribution < -0.4 is 9.64 Å². The number of aromatic nitrogens is 2. The first-order chi connectivity index (χ1) is 12.4. The molecule has 0 saturated carbocycles. The van der Waals surface area contributed by atoms with Crippen LogP contribution in [-0.2, 0) is 11.2 Å². The zero-order chi connectivity index (χ0) is 18.7. The molecule has 0 saturated heterocycles. The van der Waals surface area contributed by atoms with Gasteiger partial charge < -0.3 is 9.64 Å². The Balaban J connectivity index is 1.92. The maximum Gasteiger partial charge on any atom is 0.339 e. The van der Waals surface area contributed by atoms with Crippen molar-refractivity contribution in [3.8, 4) is 5.19 Å². The number of fused-ring (bicyclic) bond motifs is 1. The van der Waals surface area contributed by atoms with Crippen molar-refractivity contribution in [2.24, 2.45) is 0 Å². The van der Waals surface area contributed by atoms with Crippen LogP contribution in [0.5, 0.6) is 5.19 Å². The average molecular weight is 399 g/mol. The van der Waals surface area contributed by atoms with E-state index < -0.39 is 17.3 Å². The molecule has 1 aliphatic heterocycles. The van der Waals surface area contributed by atoms with E-state index in [9.17, 15) is 13.6 Å². The van der Waals surface area contributed by atoms with Crippen molar-refractivity contribution in [2.75, 3.05) is 11.4 Å². The third-order valence-corrected chi connectivity index (χ3v) is 5.44. The van der Waals surface area contributed by atoms with Crippen LogP contribution in [0.15, 0.2) is 29.8 Å². The van der Waals surface area contributed by atoms with E-state index in [2.05, 4.69) is 10.2 Å². The SMILES string of the molecule is CC(C)SC(F)(F)C(Oc1nncs1)C(=O)N1CCCc2ccccc21. The molecule has 2 aromatic rings. The number of amides is 1. The number of para-hydroxylation sites is 1. The Kier molecular flexibility index (Phi) is 5.76. The molecule has 1 unspecified atom stereocenters. The lowest BCUT2D eigenvalue weighted by molar-refractivity contribution is -0.134. The van der Waals surface area contributed by atoms with Crippen LogP contribution in [0, 0.1) is 0 Å². The number of anilines is 1. The number of carbonyl (C=O) groups excluding carboxylic acids is 1. The molecule has 140 valence electrons. The summed E-state index contributed by atoms with van der Waals surface area (Å²) in [4.78, 5) is 14.5. The number of aryl methyl sites for hydroxylation is 1. The molecule has 0 aliphatic carbocycles. The Hall–Kier alpha value is -1.74. The van der Waals surface area contributed by atoms with Crippen LogP contribution >= 0.6 is 23.1 Å². The Bertz CT molecular complexity index is 756. The zero-order valence-electron chi connectivity index (χ0n) is 14.4. The highest BCUT2D eigenvalue weighted by Crippen LogP contribution is 2.40. The molecule has 0 radical (unpaired) electrons. The first-order valence-corrected chi connectivity index (χ1v) is 10.0. The average Bonchev–Trinajstić information content (AvgIpc) is 3.10. The van der Waals surface area contributed by atoms with Gasteiger partial charge in [0.15, 0.2) is 0 Å². The van der Waals surface area contributed by atoms with Gasteiger partial charge in [0.2, 0.25) is 0 Å². The van der Waals surface area contributed by atoms with Crippen molar-refractivity contribution in [2.45, 2.75) is 43.3 Å².